The van der Waals surface area contributed by atoms with Crippen molar-refractivity contribution in [2.24, 2.45) is 11.8 Å². The first-order chi connectivity index (χ1) is 11.1. The Morgan fingerprint density at radius 1 is 1.22 bits per heavy atom. The lowest BCUT2D eigenvalue weighted by Gasteiger charge is -2.34. The van der Waals surface area contributed by atoms with Gasteiger partial charge in [0, 0.05) is 13.1 Å². The molecule has 1 saturated heterocycles. The number of carbonyl (C=O) groups is 1. The summed E-state index contributed by atoms with van der Waals surface area (Å²) in [4.78, 5) is 14.2. The Kier molecular flexibility index (Phi) is 4.55. The van der Waals surface area contributed by atoms with E-state index in [-0.39, 0.29) is 12.5 Å². The van der Waals surface area contributed by atoms with Crippen LogP contribution in [0.15, 0.2) is 30.6 Å². The first-order valence-electron chi connectivity index (χ1n) is 7.86. The molecule has 7 heteroatoms. The average molecular weight is 315 g/mol. The third kappa shape index (κ3) is 3.85. The fourth-order valence-corrected chi connectivity index (χ4v) is 3.08. The third-order valence-electron chi connectivity index (χ3n) is 4.03. The van der Waals surface area contributed by atoms with Gasteiger partial charge in [-0.1, -0.05) is 13.8 Å². The molecular weight excluding hydrogens is 294 g/mol. The quantitative estimate of drug-likeness (QED) is 0.856. The molecule has 3 rings (SSSR count). The smallest absolute Gasteiger partial charge is 0.260 e. The summed E-state index contributed by atoms with van der Waals surface area (Å²) in [7, 11) is 0. The number of hydrogen-bond acceptors (Lipinski definition) is 5. The first-order valence-corrected chi connectivity index (χ1v) is 7.86. The molecule has 0 radical (unpaired) electrons. The molecule has 0 bridgehead atoms. The van der Waals surface area contributed by atoms with Crippen molar-refractivity contribution in [2.75, 3.05) is 19.7 Å². The van der Waals surface area contributed by atoms with E-state index in [9.17, 15) is 4.79 Å². The molecular formula is C16H21N5O2. The van der Waals surface area contributed by atoms with Crippen molar-refractivity contribution in [3.8, 4) is 11.4 Å². The van der Waals surface area contributed by atoms with Crippen molar-refractivity contribution in [3.05, 3.63) is 30.6 Å². The van der Waals surface area contributed by atoms with Crippen molar-refractivity contribution < 1.29 is 9.53 Å². The molecule has 23 heavy (non-hydrogen) atoms. The highest BCUT2D eigenvalue weighted by Crippen LogP contribution is 2.21. The standard InChI is InChI=1S/C16H21N5O2/c1-12-7-13(2)9-20(8-12)16(22)10-23-15-5-3-14(4-6-15)21-11-17-18-19-21/h3-6,11-13H,7-10H2,1-2H3/t12-,13-/m0/s1. The van der Waals surface area contributed by atoms with Crippen LogP contribution < -0.4 is 4.74 Å². The van der Waals surface area contributed by atoms with Crippen molar-refractivity contribution in [1.82, 2.24) is 25.1 Å². The van der Waals surface area contributed by atoms with Gasteiger partial charge >= 0.3 is 0 Å². The summed E-state index contributed by atoms with van der Waals surface area (Å²) in [5.41, 5.74) is 0.840. The minimum absolute atomic E-state index is 0.0490. The van der Waals surface area contributed by atoms with Crippen LogP contribution in [0.5, 0.6) is 5.75 Å². The molecule has 2 aromatic rings. The summed E-state index contributed by atoms with van der Waals surface area (Å²) >= 11 is 0. The fourth-order valence-electron chi connectivity index (χ4n) is 3.08. The molecule has 1 aliphatic heterocycles. The van der Waals surface area contributed by atoms with Crippen molar-refractivity contribution in [3.63, 3.8) is 0 Å². The van der Waals surface area contributed by atoms with Crippen molar-refractivity contribution in [1.29, 1.82) is 0 Å². The minimum Gasteiger partial charge on any atom is -0.484 e. The third-order valence-corrected chi connectivity index (χ3v) is 4.03. The first kappa shape index (κ1) is 15.5. The lowest BCUT2D eigenvalue weighted by atomic mass is 9.92. The van der Waals surface area contributed by atoms with Gasteiger partial charge in [0.15, 0.2) is 6.61 Å². The lowest BCUT2D eigenvalue weighted by molar-refractivity contribution is -0.136. The van der Waals surface area contributed by atoms with Crippen LogP contribution in [0.25, 0.3) is 5.69 Å². The van der Waals surface area contributed by atoms with Crippen LogP contribution in [0.3, 0.4) is 0 Å². The molecule has 0 spiro atoms. The number of tetrazole rings is 1. The van der Waals surface area contributed by atoms with Gasteiger partial charge in [-0.2, -0.15) is 0 Å². The summed E-state index contributed by atoms with van der Waals surface area (Å²) < 4.78 is 7.17. The number of amides is 1. The Balaban J connectivity index is 1.54. The zero-order valence-corrected chi connectivity index (χ0v) is 13.4. The molecule has 122 valence electrons. The van der Waals surface area contributed by atoms with Gasteiger partial charge in [-0.15, -0.1) is 5.10 Å². The Morgan fingerprint density at radius 3 is 2.52 bits per heavy atom. The molecule has 0 aliphatic carbocycles. The highest BCUT2D eigenvalue weighted by Gasteiger charge is 2.25. The van der Waals surface area contributed by atoms with Crippen LogP contribution in [0.2, 0.25) is 0 Å². The van der Waals surface area contributed by atoms with Gasteiger partial charge in [0.2, 0.25) is 0 Å². The number of hydrogen-bond donors (Lipinski definition) is 0. The summed E-state index contributed by atoms with van der Waals surface area (Å²) in [6, 6.07) is 7.32. The van der Waals surface area contributed by atoms with Crippen LogP contribution in [0.1, 0.15) is 20.3 Å². The molecule has 1 aliphatic rings. The van der Waals surface area contributed by atoms with Gasteiger partial charge < -0.3 is 9.64 Å². The lowest BCUT2D eigenvalue weighted by Crippen LogP contribution is -2.44. The maximum absolute atomic E-state index is 12.3. The monoisotopic (exact) mass is 315 g/mol. The van der Waals surface area contributed by atoms with Crippen LogP contribution in [-0.4, -0.2) is 50.7 Å². The zero-order chi connectivity index (χ0) is 16.2. The Hall–Kier alpha value is -2.44. The summed E-state index contributed by atoms with van der Waals surface area (Å²) in [5.74, 6) is 1.82. The van der Waals surface area contributed by atoms with Crippen molar-refractivity contribution in [2.45, 2.75) is 20.3 Å². The van der Waals surface area contributed by atoms with Gasteiger partial charge in [0.05, 0.1) is 5.69 Å². The summed E-state index contributed by atoms with van der Waals surface area (Å²) in [5, 5.41) is 11.0. The molecule has 2 atom stereocenters. The predicted octanol–water partition coefficient (Wildman–Crippen LogP) is 1.55. The van der Waals surface area contributed by atoms with E-state index >= 15 is 0 Å². The minimum atomic E-state index is 0.0490. The summed E-state index contributed by atoms with van der Waals surface area (Å²) in [6.07, 6.45) is 2.71. The molecule has 0 saturated carbocycles. The predicted molar refractivity (Wildman–Crippen MR) is 84.2 cm³/mol. The van der Waals surface area contributed by atoms with E-state index in [2.05, 4.69) is 29.4 Å². The average Bonchev–Trinajstić information content (AvgIpc) is 3.06. The molecule has 0 unspecified atom stereocenters. The van der Waals surface area contributed by atoms with Gasteiger partial charge in [-0.25, -0.2) is 4.68 Å². The van der Waals surface area contributed by atoms with E-state index in [1.807, 2.05) is 29.2 Å². The second kappa shape index (κ2) is 6.76. The zero-order valence-electron chi connectivity index (χ0n) is 13.4. The number of aromatic nitrogens is 4. The molecule has 2 heterocycles. The number of benzene rings is 1. The normalized spacial score (nSPS) is 21.2. The molecule has 1 fully saturated rings. The topological polar surface area (TPSA) is 73.1 Å². The van der Waals surface area contributed by atoms with Crippen LogP contribution in [0.4, 0.5) is 0 Å². The van der Waals surface area contributed by atoms with Crippen molar-refractivity contribution >= 4 is 5.91 Å². The van der Waals surface area contributed by atoms with Gasteiger partial charge in [-0.05, 0) is 52.9 Å². The Bertz CT molecular complexity index is 631. The summed E-state index contributed by atoms with van der Waals surface area (Å²) in [6.45, 7) is 6.10. The van der Waals surface area contributed by atoms with Crippen LogP contribution in [-0.2, 0) is 4.79 Å². The SMILES string of the molecule is C[C@H]1C[C@H](C)CN(C(=O)COc2ccc(-n3cnnn3)cc2)C1. The molecule has 1 amide bonds. The Morgan fingerprint density at radius 2 is 1.91 bits per heavy atom. The molecule has 7 nitrogen and oxygen atoms in total. The van der Waals surface area contributed by atoms with Gasteiger partial charge in [-0.3, -0.25) is 4.79 Å². The number of likely N-dealkylation sites (tertiary alicyclic amines) is 1. The molecule has 0 N–H and O–H groups in total. The van der Waals surface area contributed by atoms with E-state index < -0.39 is 0 Å². The maximum Gasteiger partial charge on any atom is 0.260 e. The second-order valence-corrected chi connectivity index (χ2v) is 6.28. The molecule has 1 aromatic carbocycles. The number of ether oxygens (including phenoxy) is 1. The van der Waals surface area contributed by atoms with E-state index in [4.69, 9.17) is 4.74 Å². The largest absolute Gasteiger partial charge is 0.484 e. The van der Waals surface area contributed by atoms with Gasteiger partial charge in [0.25, 0.3) is 5.91 Å². The highest BCUT2D eigenvalue weighted by atomic mass is 16.5. The number of carbonyl (C=O) groups excluding carboxylic acids is 1. The molecule has 1 aromatic heterocycles. The van der Waals surface area contributed by atoms with E-state index in [0.717, 1.165) is 18.8 Å². The van der Waals surface area contributed by atoms with E-state index in [0.29, 0.717) is 17.6 Å². The van der Waals surface area contributed by atoms with Crippen LogP contribution >= 0.6 is 0 Å². The van der Waals surface area contributed by atoms with Gasteiger partial charge in [0.1, 0.15) is 12.1 Å². The number of piperidine rings is 1. The maximum atomic E-state index is 12.3. The van der Waals surface area contributed by atoms with E-state index in [1.165, 1.54) is 12.7 Å². The Labute approximate surface area is 135 Å². The van der Waals surface area contributed by atoms with E-state index in [1.54, 1.807) is 4.68 Å². The fraction of sp³-hybridized carbons (Fsp3) is 0.500. The highest BCUT2D eigenvalue weighted by molar-refractivity contribution is 5.77. The van der Waals surface area contributed by atoms with Crippen LogP contribution in [0, 0.1) is 11.8 Å². The number of rotatable bonds is 4. The second-order valence-electron chi connectivity index (χ2n) is 6.28. The number of nitrogens with zero attached hydrogens (tertiary/aromatic N) is 5.